The molecule has 0 atom stereocenters. The van der Waals surface area contributed by atoms with Crippen molar-refractivity contribution in [1.29, 1.82) is 0 Å². The quantitative estimate of drug-likeness (QED) is 0.908. The summed E-state index contributed by atoms with van der Waals surface area (Å²) in [5.41, 5.74) is -0.132. The molecule has 0 spiro atoms. The topological polar surface area (TPSA) is 77.2 Å². The van der Waals surface area contributed by atoms with Gasteiger partial charge in [0.15, 0.2) is 11.4 Å². The van der Waals surface area contributed by atoms with Gasteiger partial charge in [0.1, 0.15) is 6.61 Å². The number of halogens is 3. The molecule has 2 rings (SSSR count). The van der Waals surface area contributed by atoms with E-state index in [-0.39, 0.29) is 12.3 Å². The van der Waals surface area contributed by atoms with Gasteiger partial charge < -0.3 is 9.84 Å². The summed E-state index contributed by atoms with van der Waals surface area (Å²) in [6, 6.07) is 3.03. The Morgan fingerprint density at radius 3 is 2.50 bits per heavy atom. The van der Waals surface area contributed by atoms with E-state index < -0.39 is 5.97 Å². The summed E-state index contributed by atoms with van der Waals surface area (Å²) >= 11 is 17.7. The van der Waals surface area contributed by atoms with Crippen LogP contribution in [0.3, 0.4) is 0 Å². The van der Waals surface area contributed by atoms with Crippen LogP contribution in [-0.4, -0.2) is 32.7 Å². The first kappa shape index (κ1) is 14.9. The molecule has 9 heteroatoms. The molecule has 106 valence electrons. The molecule has 1 aromatic heterocycles. The van der Waals surface area contributed by atoms with Crippen LogP contribution in [-0.2, 0) is 6.54 Å². The van der Waals surface area contributed by atoms with E-state index >= 15 is 0 Å². The van der Waals surface area contributed by atoms with Crippen LogP contribution in [0.5, 0.6) is 5.75 Å². The number of ether oxygens (including phenoxy) is 1. The lowest BCUT2D eigenvalue weighted by Gasteiger charge is -2.10. The Kier molecular flexibility index (Phi) is 4.69. The maximum absolute atomic E-state index is 10.6. The minimum Gasteiger partial charge on any atom is -0.489 e. The zero-order valence-electron chi connectivity index (χ0n) is 9.89. The minimum atomic E-state index is -1.14. The summed E-state index contributed by atoms with van der Waals surface area (Å²) < 4.78 is 6.79. The predicted octanol–water partition coefficient (Wildman–Crippen LogP) is 3.02. The number of hydrogen-bond donors (Lipinski definition) is 1. The van der Waals surface area contributed by atoms with Crippen LogP contribution in [0.15, 0.2) is 18.3 Å². The van der Waals surface area contributed by atoms with Gasteiger partial charge in [0.2, 0.25) is 0 Å². The summed E-state index contributed by atoms with van der Waals surface area (Å²) in [4.78, 5) is 10.6. The normalized spacial score (nSPS) is 10.6. The first-order valence-corrected chi connectivity index (χ1v) is 6.51. The highest BCUT2D eigenvalue weighted by atomic mass is 35.5. The van der Waals surface area contributed by atoms with Crippen molar-refractivity contribution in [2.45, 2.75) is 6.54 Å². The van der Waals surface area contributed by atoms with Crippen LogP contribution in [0, 0.1) is 0 Å². The fraction of sp³-hybridized carbons (Fsp3) is 0.182. The monoisotopic (exact) mass is 335 g/mol. The van der Waals surface area contributed by atoms with Gasteiger partial charge in [-0.15, -0.1) is 5.10 Å². The summed E-state index contributed by atoms with van der Waals surface area (Å²) in [6.07, 6.45) is 1.30. The molecule has 2 aromatic rings. The first-order chi connectivity index (χ1) is 9.47. The van der Waals surface area contributed by atoms with Crippen molar-refractivity contribution < 1.29 is 14.6 Å². The lowest BCUT2D eigenvalue weighted by atomic mass is 10.3. The molecule has 0 amide bonds. The van der Waals surface area contributed by atoms with Crippen LogP contribution in [0.1, 0.15) is 10.5 Å². The van der Waals surface area contributed by atoms with Crippen molar-refractivity contribution in [2.75, 3.05) is 6.61 Å². The Morgan fingerprint density at radius 2 is 1.95 bits per heavy atom. The highest BCUT2D eigenvalue weighted by Gasteiger charge is 2.10. The zero-order chi connectivity index (χ0) is 14.7. The summed E-state index contributed by atoms with van der Waals surface area (Å²) in [6.45, 7) is 0.499. The Balaban J connectivity index is 1.97. The van der Waals surface area contributed by atoms with Gasteiger partial charge in [0.05, 0.1) is 22.8 Å². The fourth-order valence-corrected chi connectivity index (χ4v) is 2.34. The number of nitrogens with zero attached hydrogens (tertiary/aromatic N) is 3. The van der Waals surface area contributed by atoms with Crippen LogP contribution in [0.25, 0.3) is 0 Å². The maximum atomic E-state index is 10.6. The number of aromatic carboxylic acids is 1. The standard InChI is InChI=1S/C11H8Cl3N3O3/c12-6-3-7(13)10(8(14)4-6)20-2-1-17-5-9(11(18)19)15-16-17/h3-5H,1-2H2,(H,18,19). The molecule has 20 heavy (non-hydrogen) atoms. The van der Waals surface area contributed by atoms with Crippen molar-refractivity contribution in [3.8, 4) is 5.75 Å². The van der Waals surface area contributed by atoms with Crippen LogP contribution in [0.2, 0.25) is 15.1 Å². The summed E-state index contributed by atoms with van der Waals surface area (Å²) in [7, 11) is 0. The average Bonchev–Trinajstić information content (AvgIpc) is 2.81. The number of carboxylic acid groups (broad SMARTS) is 1. The third-order valence-corrected chi connectivity index (χ3v) is 3.07. The molecule has 6 nitrogen and oxygen atoms in total. The molecule has 0 saturated carbocycles. The summed E-state index contributed by atoms with van der Waals surface area (Å²) in [5.74, 6) is -0.822. The Bertz CT molecular complexity index is 622. The van der Waals surface area contributed by atoms with Gasteiger partial charge in [0, 0.05) is 5.02 Å². The number of rotatable bonds is 5. The van der Waals surface area contributed by atoms with E-state index in [0.29, 0.717) is 27.4 Å². The first-order valence-electron chi connectivity index (χ1n) is 5.38. The van der Waals surface area contributed by atoms with E-state index in [9.17, 15) is 4.79 Å². The maximum Gasteiger partial charge on any atom is 0.358 e. The fourth-order valence-electron chi connectivity index (χ4n) is 1.41. The third kappa shape index (κ3) is 3.53. The molecular weight excluding hydrogens is 328 g/mol. The smallest absolute Gasteiger partial charge is 0.358 e. The second-order valence-corrected chi connectivity index (χ2v) is 4.97. The second-order valence-electron chi connectivity index (χ2n) is 3.72. The Hall–Kier alpha value is -1.50. The number of benzene rings is 1. The van der Waals surface area contributed by atoms with E-state index in [1.54, 1.807) is 0 Å². The van der Waals surface area contributed by atoms with Crippen LogP contribution < -0.4 is 4.74 Å². The van der Waals surface area contributed by atoms with Gasteiger partial charge in [-0.25, -0.2) is 9.48 Å². The average molecular weight is 337 g/mol. The Morgan fingerprint density at radius 1 is 1.30 bits per heavy atom. The molecule has 0 saturated heterocycles. The number of carbonyl (C=O) groups is 1. The minimum absolute atomic E-state index is 0.132. The molecule has 0 fully saturated rings. The van der Waals surface area contributed by atoms with Crippen molar-refractivity contribution in [1.82, 2.24) is 15.0 Å². The van der Waals surface area contributed by atoms with Gasteiger partial charge in [0.25, 0.3) is 0 Å². The van der Waals surface area contributed by atoms with Gasteiger partial charge in [-0.1, -0.05) is 40.0 Å². The second kappa shape index (κ2) is 6.30. The van der Waals surface area contributed by atoms with E-state index in [1.165, 1.54) is 23.0 Å². The van der Waals surface area contributed by atoms with Crippen LogP contribution in [0.4, 0.5) is 0 Å². The van der Waals surface area contributed by atoms with E-state index in [4.69, 9.17) is 44.6 Å². The lowest BCUT2D eigenvalue weighted by molar-refractivity contribution is 0.0690. The predicted molar refractivity (Wildman–Crippen MR) is 73.9 cm³/mol. The lowest BCUT2D eigenvalue weighted by Crippen LogP contribution is -2.09. The third-order valence-electron chi connectivity index (χ3n) is 2.29. The molecule has 0 bridgehead atoms. The SMILES string of the molecule is O=C(O)c1cn(CCOc2c(Cl)cc(Cl)cc2Cl)nn1. The highest BCUT2D eigenvalue weighted by Crippen LogP contribution is 2.35. The molecule has 0 aliphatic heterocycles. The van der Waals surface area contributed by atoms with Crippen molar-refractivity contribution in [2.24, 2.45) is 0 Å². The molecule has 1 heterocycles. The molecule has 0 aliphatic carbocycles. The summed E-state index contributed by atoms with van der Waals surface area (Å²) in [5, 5.41) is 16.8. The molecule has 0 aliphatic rings. The highest BCUT2D eigenvalue weighted by molar-refractivity contribution is 6.40. The largest absolute Gasteiger partial charge is 0.489 e. The van der Waals surface area contributed by atoms with E-state index in [0.717, 1.165) is 0 Å². The number of aromatic nitrogens is 3. The molecule has 1 N–H and O–H groups in total. The number of carboxylic acids is 1. The van der Waals surface area contributed by atoms with Crippen molar-refractivity contribution in [3.05, 3.63) is 39.1 Å². The van der Waals surface area contributed by atoms with Crippen molar-refractivity contribution in [3.63, 3.8) is 0 Å². The molecule has 1 aromatic carbocycles. The van der Waals surface area contributed by atoms with Crippen LogP contribution >= 0.6 is 34.8 Å². The van der Waals surface area contributed by atoms with Gasteiger partial charge in [-0.05, 0) is 12.1 Å². The Labute approximate surface area is 128 Å². The molecule has 0 radical (unpaired) electrons. The molecule has 0 unspecified atom stereocenters. The molecular formula is C11H8Cl3N3O3. The van der Waals surface area contributed by atoms with E-state index in [2.05, 4.69) is 10.3 Å². The zero-order valence-corrected chi connectivity index (χ0v) is 12.2. The van der Waals surface area contributed by atoms with Crippen molar-refractivity contribution >= 4 is 40.8 Å². The van der Waals surface area contributed by atoms with Gasteiger partial charge >= 0.3 is 5.97 Å². The van der Waals surface area contributed by atoms with Gasteiger partial charge in [-0.2, -0.15) is 0 Å². The van der Waals surface area contributed by atoms with E-state index in [1.807, 2.05) is 0 Å². The van der Waals surface area contributed by atoms with Gasteiger partial charge in [-0.3, -0.25) is 0 Å². The number of hydrogen-bond acceptors (Lipinski definition) is 4.